The predicted molar refractivity (Wildman–Crippen MR) is 78.6 cm³/mol. The molecule has 0 spiro atoms. The van der Waals surface area contributed by atoms with Crippen LogP contribution in [0.5, 0.6) is 11.5 Å². The number of carbonyl (C=O) groups excluding carboxylic acids is 1. The Morgan fingerprint density at radius 1 is 1.24 bits per heavy atom. The molecule has 1 amide bonds. The molecule has 0 aliphatic carbocycles. The van der Waals surface area contributed by atoms with Crippen LogP contribution in [0, 0.1) is 0 Å². The zero-order chi connectivity index (χ0) is 15.4. The minimum Gasteiger partial charge on any atom is -0.497 e. The normalized spacial score (nSPS) is 10.3. The van der Waals surface area contributed by atoms with E-state index >= 15 is 0 Å². The smallest absolute Gasteiger partial charge is 0.254 e. The fraction of sp³-hybridized carbons (Fsp3) is 0.333. The van der Waals surface area contributed by atoms with Gasteiger partial charge < -0.3 is 14.4 Å². The summed E-state index contributed by atoms with van der Waals surface area (Å²) < 4.78 is 12.1. The van der Waals surface area contributed by atoms with Crippen molar-refractivity contribution in [2.45, 2.75) is 6.54 Å². The lowest BCUT2D eigenvalue weighted by atomic mass is 10.1. The standard InChI is InChI=1S/C15H19N3O3/c1-17(10-12-5-6-16-18(12)2)15(19)11-7-13(20-3)9-14(8-11)21-4/h5-9H,10H2,1-4H3. The molecular weight excluding hydrogens is 270 g/mol. The fourth-order valence-electron chi connectivity index (χ4n) is 2.02. The Bertz CT molecular complexity index is 615. The van der Waals surface area contributed by atoms with Gasteiger partial charge in [-0.1, -0.05) is 0 Å². The van der Waals surface area contributed by atoms with Gasteiger partial charge in [0.1, 0.15) is 11.5 Å². The van der Waals surface area contributed by atoms with Crippen LogP contribution >= 0.6 is 0 Å². The first-order chi connectivity index (χ1) is 10.0. The number of aromatic nitrogens is 2. The lowest BCUT2D eigenvalue weighted by Gasteiger charge is -2.18. The number of aryl methyl sites for hydroxylation is 1. The molecule has 0 N–H and O–H groups in total. The van der Waals surface area contributed by atoms with Crippen molar-refractivity contribution in [2.75, 3.05) is 21.3 Å². The Hall–Kier alpha value is -2.50. The van der Waals surface area contributed by atoms with Gasteiger partial charge in [0.05, 0.1) is 26.5 Å². The topological polar surface area (TPSA) is 56.6 Å². The molecule has 112 valence electrons. The Morgan fingerprint density at radius 2 is 1.86 bits per heavy atom. The summed E-state index contributed by atoms with van der Waals surface area (Å²) in [6.45, 7) is 0.481. The molecule has 0 aliphatic heterocycles. The van der Waals surface area contributed by atoms with Gasteiger partial charge in [-0.3, -0.25) is 9.48 Å². The molecule has 1 aromatic carbocycles. The van der Waals surface area contributed by atoms with Crippen LogP contribution in [0.15, 0.2) is 30.5 Å². The van der Waals surface area contributed by atoms with Crippen molar-refractivity contribution in [1.29, 1.82) is 0 Å². The molecule has 6 nitrogen and oxygen atoms in total. The number of hydrogen-bond acceptors (Lipinski definition) is 4. The van der Waals surface area contributed by atoms with Gasteiger partial charge in [0, 0.05) is 31.9 Å². The second kappa shape index (κ2) is 6.30. The summed E-state index contributed by atoms with van der Waals surface area (Å²) in [6, 6.07) is 7.02. The molecule has 0 fully saturated rings. The Balaban J connectivity index is 2.20. The minimum absolute atomic E-state index is 0.103. The summed E-state index contributed by atoms with van der Waals surface area (Å²) >= 11 is 0. The van der Waals surface area contributed by atoms with Gasteiger partial charge in [-0.25, -0.2) is 0 Å². The number of carbonyl (C=O) groups is 1. The van der Waals surface area contributed by atoms with Crippen LogP contribution in [0.3, 0.4) is 0 Å². The summed E-state index contributed by atoms with van der Waals surface area (Å²) in [5, 5.41) is 4.10. The quantitative estimate of drug-likeness (QED) is 0.841. The molecule has 6 heteroatoms. The number of hydrogen-bond donors (Lipinski definition) is 0. The van der Waals surface area contributed by atoms with E-state index in [0.29, 0.717) is 23.6 Å². The first kappa shape index (κ1) is 14.9. The number of benzene rings is 1. The summed E-state index contributed by atoms with van der Waals surface area (Å²) in [7, 11) is 6.72. The van der Waals surface area contributed by atoms with Crippen molar-refractivity contribution in [1.82, 2.24) is 14.7 Å². The van der Waals surface area contributed by atoms with Crippen molar-refractivity contribution in [2.24, 2.45) is 7.05 Å². The van der Waals surface area contributed by atoms with Crippen molar-refractivity contribution in [3.63, 3.8) is 0 Å². The molecule has 1 heterocycles. The van der Waals surface area contributed by atoms with Crippen molar-refractivity contribution >= 4 is 5.91 Å². The molecule has 1 aromatic heterocycles. The maximum absolute atomic E-state index is 12.5. The van der Waals surface area contributed by atoms with Gasteiger partial charge >= 0.3 is 0 Å². The second-order valence-electron chi connectivity index (χ2n) is 4.71. The van der Waals surface area contributed by atoms with Crippen molar-refractivity contribution in [3.05, 3.63) is 41.7 Å². The van der Waals surface area contributed by atoms with Gasteiger partial charge in [-0.2, -0.15) is 5.10 Å². The fourth-order valence-corrected chi connectivity index (χ4v) is 2.02. The van der Waals surface area contributed by atoms with E-state index in [1.165, 1.54) is 0 Å². The maximum atomic E-state index is 12.5. The first-order valence-corrected chi connectivity index (χ1v) is 6.50. The van der Waals surface area contributed by atoms with Crippen LogP contribution in [-0.2, 0) is 13.6 Å². The zero-order valence-corrected chi connectivity index (χ0v) is 12.7. The van der Waals surface area contributed by atoms with Gasteiger partial charge in [0.25, 0.3) is 5.91 Å². The minimum atomic E-state index is -0.103. The van der Waals surface area contributed by atoms with Crippen LogP contribution in [0.2, 0.25) is 0 Å². The number of amides is 1. The maximum Gasteiger partial charge on any atom is 0.254 e. The molecule has 0 unspecified atom stereocenters. The molecule has 2 aromatic rings. The summed E-state index contributed by atoms with van der Waals surface area (Å²) in [5.74, 6) is 1.08. The SMILES string of the molecule is COc1cc(OC)cc(C(=O)N(C)Cc2ccnn2C)c1. The molecule has 0 atom stereocenters. The van der Waals surface area contributed by atoms with E-state index in [2.05, 4.69) is 5.10 Å². The van der Waals surface area contributed by atoms with Gasteiger partial charge in [-0.05, 0) is 18.2 Å². The third kappa shape index (κ3) is 3.34. The molecule has 0 saturated carbocycles. The summed E-state index contributed by atoms with van der Waals surface area (Å²) in [5.41, 5.74) is 1.48. The van der Waals surface area contributed by atoms with Gasteiger partial charge in [0.15, 0.2) is 0 Å². The van der Waals surface area contributed by atoms with E-state index in [1.807, 2.05) is 13.1 Å². The Labute approximate surface area is 123 Å². The Morgan fingerprint density at radius 3 is 2.33 bits per heavy atom. The summed E-state index contributed by atoms with van der Waals surface area (Å²) in [4.78, 5) is 14.1. The highest BCUT2D eigenvalue weighted by molar-refractivity contribution is 5.94. The highest BCUT2D eigenvalue weighted by Crippen LogP contribution is 2.23. The predicted octanol–water partition coefficient (Wildman–Crippen LogP) is 1.71. The van der Waals surface area contributed by atoms with Crippen molar-refractivity contribution in [3.8, 4) is 11.5 Å². The molecule has 0 aliphatic rings. The lowest BCUT2D eigenvalue weighted by molar-refractivity contribution is 0.0781. The third-order valence-electron chi connectivity index (χ3n) is 3.27. The lowest BCUT2D eigenvalue weighted by Crippen LogP contribution is -2.27. The highest BCUT2D eigenvalue weighted by atomic mass is 16.5. The van der Waals surface area contributed by atoms with Crippen LogP contribution in [0.4, 0.5) is 0 Å². The number of methoxy groups -OCH3 is 2. The molecule has 0 saturated heterocycles. The van der Waals surface area contributed by atoms with Crippen LogP contribution in [-0.4, -0.2) is 41.9 Å². The van der Waals surface area contributed by atoms with E-state index in [0.717, 1.165) is 5.69 Å². The average molecular weight is 289 g/mol. The van der Waals surface area contributed by atoms with Crippen molar-refractivity contribution < 1.29 is 14.3 Å². The molecule has 0 radical (unpaired) electrons. The number of ether oxygens (including phenoxy) is 2. The number of nitrogens with zero attached hydrogens (tertiary/aromatic N) is 3. The monoisotopic (exact) mass is 289 g/mol. The zero-order valence-electron chi connectivity index (χ0n) is 12.7. The third-order valence-corrected chi connectivity index (χ3v) is 3.27. The Kier molecular flexibility index (Phi) is 4.47. The van der Waals surface area contributed by atoms with Crippen LogP contribution < -0.4 is 9.47 Å². The van der Waals surface area contributed by atoms with Crippen LogP contribution in [0.25, 0.3) is 0 Å². The molecule has 21 heavy (non-hydrogen) atoms. The first-order valence-electron chi connectivity index (χ1n) is 6.50. The molecule has 0 bridgehead atoms. The van der Waals surface area contributed by atoms with E-state index in [-0.39, 0.29) is 5.91 Å². The van der Waals surface area contributed by atoms with E-state index in [9.17, 15) is 4.79 Å². The highest BCUT2D eigenvalue weighted by Gasteiger charge is 2.15. The van der Waals surface area contributed by atoms with E-state index in [4.69, 9.17) is 9.47 Å². The van der Waals surface area contributed by atoms with Gasteiger partial charge in [-0.15, -0.1) is 0 Å². The summed E-state index contributed by atoms with van der Waals surface area (Å²) in [6.07, 6.45) is 1.71. The molecular formula is C15H19N3O3. The van der Waals surface area contributed by atoms with E-state index in [1.54, 1.807) is 55.2 Å². The van der Waals surface area contributed by atoms with E-state index < -0.39 is 0 Å². The second-order valence-corrected chi connectivity index (χ2v) is 4.71. The van der Waals surface area contributed by atoms with Gasteiger partial charge in [0.2, 0.25) is 0 Å². The average Bonchev–Trinajstić information content (AvgIpc) is 2.90. The molecule has 2 rings (SSSR count). The van der Waals surface area contributed by atoms with Crippen LogP contribution in [0.1, 0.15) is 16.1 Å². The largest absolute Gasteiger partial charge is 0.497 e. The number of rotatable bonds is 5.